The van der Waals surface area contributed by atoms with E-state index in [1.165, 1.54) is 0 Å². The Labute approximate surface area is 189 Å². The van der Waals surface area contributed by atoms with Crippen LogP contribution in [0.25, 0.3) is 11.3 Å². The quantitative estimate of drug-likeness (QED) is 0.634. The van der Waals surface area contributed by atoms with Gasteiger partial charge in [0.2, 0.25) is 5.91 Å². The van der Waals surface area contributed by atoms with Crippen LogP contribution < -0.4 is 19.9 Å². The molecule has 0 saturated carbocycles. The number of nitrogens with zero attached hydrogens (tertiary/aromatic N) is 4. The number of anilines is 3. The van der Waals surface area contributed by atoms with Crippen LogP contribution in [-0.4, -0.2) is 50.4 Å². The molecule has 3 aromatic rings. The first kappa shape index (κ1) is 21.6. The van der Waals surface area contributed by atoms with Gasteiger partial charge in [0.25, 0.3) is 0 Å². The van der Waals surface area contributed by atoms with Gasteiger partial charge >= 0.3 is 0 Å². The van der Waals surface area contributed by atoms with E-state index in [1.54, 1.807) is 7.11 Å². The van der Waals surface area contributed by atoms with Crippen molar-refractivity contribution < 1.29 is 9.53 Å². The van der Waals surface area contributed by atoms with E-state index in [-0.39, 0.29) is 11.8 Å². The van der Waals surface area contributed by atoms with Gasteiger partial charge in [-0.2, -0.15) is 0 Å². The van der Waals surface area contributed by atoms with Crippen LogP contribution in [0.15, 0.2) is 60.7 Å². The first-order valence-corrected chi connectivity index (χ1v) is 10.8. The number of ether oxygens (including phenoxy) is 1. The van der Waals surface area contributed by atoms with Gasteiger partial charge in [-0.1, -0.05) is 0 Å². The first-order chi connectivity index (χ1) is 15.5. The zero-order valence-electron chi connectivity index (χ0n) is 18.8. The van der Waals surface area contributed by atoms with Crippen molar-refractivity contribution >= 4 is 23.1 Å². The van der Waals surface area contributed by atoms with E-state index < -0.39 is 0 Å². The molecule has 2 aromatic carbocycles. The zero-order valence-corrected chi connectivity index (χ0v) is 18.8. The summed E-state index contributed by atoms with van der Waals surface area (Å²) in [7, 11) is 5.64. The Morgan fingerprint density at radius 3 is 2.41 bits per heavy atom. The van der Waals surface area contributed by atoms with Gasteiger partial charge in [-0.15, -0.1) is 10.2 Å². The lowest BCUT2D eigenvalue weighted by atomic mass is 9.97. The SMILES string of the molecule is COc1ccc(-c2ccc(N3CCCC(C(=O)Nc4ccc(N(C)C)cc4)C3)nn2)cc1. The first-order valence-electron chi connectivity index (χ1n) is 10.8. The Bertz CT molecular complexity index is 1030. The van der Waals surface area contributed by atoms with Gasteiger partial charge in [-0.05, 0) is 73.5 Å². The van der Waals surface area contributed by atoms with Crippen molar-refractivity contribution in [2.45, 2.75) is 12.8 Å². The van der Waals surface area contributed by atoms with Crippen molar-refractivity contribution in [3.05, 3.63) is 60.7 Å². The third-order valence-corrected chi connectivity index (χ3v) is 5.80. The van der Waals surface area contributed by atoms with Crippen molar-refractivity contribution in [1.29, 1.82) is 0 Å². The minimum absolute atomic E-state index is 0.0510. The third kappa shape index (κ3) is 4.99. The highest BCUT2D eigenvalue weighted by Crippen LogP contribution is 2.25. The van der Waals surface area contributed by atoms with E-state index in [9.17, 15) is 4.79 Å². The number of rotatable bonds is 6. The van der Waals surface area contributed by atoms with Gasteiger partial charge in [-0.3, -0.25) is 4.79 Å². The Morgan fingerprint density at radius 2 is 1.78 bits per heavy atom. The number of nitrogens with one attached hydrogen (secondary N) is 1. The van der Waals surface area contributed by atoms with Gasteiger partial charge < -0.3 is 19.9 Å². The normalized spacial score (nSPS) is 15.8. The van der Waals surface area contributed by atoms with E-state index >= 15 is 0 Å². The highest BCUT2D eigenvalue weighted by Gasteiger charge is 2.27. The van der Waals surface area contributed by atoms with Crippen molar-refractivity contribution in [3.63, 3.8) is 0 Å². The molecule has 166 valence electrons. The zero-order chi connectivity index (χ0) is 22.5. The van der Waals surface area contributed by atoms with Crippen LogP contribution in [0.2, 0.25) is 0 Å². The maximum atomic E-state index is 12.9. The lowest BCUT2D eigenvalue weighted by Crippen LogP contribution is -2.41. The molecule has 1 unspecified atom stereocenters. The van der Waals surface area contributed by atoms with Crippen LogP contribution in [0, 0.1) is 5.92 Å². The van der Waals surface area contributed by atoms with Crippen molar-refractivity contribution in [3.8, 4) is 17.0 Å². The molecule has 1 saturated heterocycles. The number of amides is 1. The second-order valence-electron chi connectivity index (χ2n) is 8.22. The van der Waals surface area contributed by atoms with Crippen LogP contribution in [0.1, 0.15) is 12.8 Å². The second-order valence-corrected chi connectivity index (χ2v) is 8.22. The number of piperidine rings is 1. The number of carbonyl (C=O) groups is 1. The Balaban J connectivity index is 1.39. The maximum Gasteiger partial charge on any atom is 0.229 e. The average Bonchev–Trinajstić information content (AvgIpc) is 2.84. The summed E-state index contributed by atoms with van der Waals surface area (Å²) in [4.78, 5) is 17.0. The molecular formula is C25H29N5O2. The summed E-state index contributed by atoms with van der Waals surface area (Å²) in [5, 5.41) is 11.9. The lowest BCUT2D eigenvalue weighted by Gasteiger charge is -2.32. The molecule has 1 aromatic heterocycles. The minimum atomic E-state index is -0.0830. The fourth-order valence-corrected chi connectivity index (χ4v) is 3.90. The molecule has 0 spiro atoms. The van der Waals surface area contributed by atoms with Crippen molar-refractivity contribution in [2.24, 2.45) is 5.92 Å². The minimum Gasteiger partial charge on any atom is -0.497 e. The van der Waals surface area contributed by atoms with Gasteiger partial charge in [-0.25, -0.2) is 0 Å². The molecule has 1 aliphatic rings. The molecule has 32 heavy (non-hydrogen) atoms. The van der Waals surface area contributed by atoms with Crippen LogP contribution in [0.4, 0.5) is 17.2 Å². The van der Waals surface area contributed by atoms with Crippen molar-refractivity contribution in [1.82, 2.24) is 10.2 Å². The molecule has 2 heterocycles. The molecule has 1 atom stereocenters. The number of carbonyl (C=O) groups excluding carboxylic acids is 1. The number of aromatic nitrogens is 2. The monoisotopic (exact) mass is 431 g/mol. The summed E-state index contributed by atoms with van der Waals surface area (Å²) in [6.07, 6.45) is 1.81. The van der Waals surface area contributed by atoms with Gasteiger partial charge in [0.1, 0.15) is 5.75 Å². The summed E-state index contributed by atoms with van der Waals surface area (Å²) < 4.78 is 5.21. The average molecular weight is 432 g/mol. The van der Waals surface area contributed by atoms with Gasteiger partial charge in [0.05, 0.1) is 18.7 Å². The fourth-order valence-electron chi connectivity index (χ4n) is 3.90. The molecule has 0 aliphatic carbocycles. The Kier molecular flexibility index (Phi) is 6.54. The van der Waals surface area contributed by atoms with Crippen molar-refractivity contribution in [2.75, 3.05) is 49.4 Å². The number of methoxy groups -OCH3 is 1. The summed E-state index contributed by atoms with van der Waals surface area (Å²) >= 11 is 0. The van der Waals surface area contributed by atoms with Crippen LogP contribution in [0.3, 0.4) is 0 Å². The van der Waals surface area contributed by atoms with Crippen LogP contribution in [-0.2, 0) is 4.79 Å². The molecule has 0 radical (unpaired) electrons. The summed E-state index contributed by atoms with van der Waals surface area (Å²) in [5.41, 5.74) is 3.72. The third-order valence-electron chi connectivity index (χ3n) is 5.80. The highest BCUT2D eigenvalue weighted by atomic mass is 16.5. The van der Waals surface area contributed by atoms with E-state index in [2.05, 4.69) is 20.4 Å². The van der Waals surface area contributed by atoms with E-state index in [0.29, 0.717) is 6.54 Å². The second kappa shape index (κ2) is 9.68. The van der Waals surface area contributed by atoms with Gasteiger partial charge in [0, 0.05) is 44.1 Å². The summed E-state index contributed by atoms with van der Waals surface area (Å²) in [5.74, 6) is 1.58. The maximum absolute atomic E-state index is 12.9. The van der Waals surface area contributed by atoms with E-state index in [4.69, 9.17) is 4.74 Å². The largest absolute Gasteiger partial charge is 0.497 e. The number of hydrogen-bond acceptors (Lipinski definition) is 6. The molecule has 7 nitrogen and oxygen atoms in total. The molecular weight excluding hydrogens is 402 g/mol. The van der Waals surface area contributed by atoms with Crippen LogP contribution >= 0.6 is 0 Å². The molecule has 0 bridgehead atoms. The van der Waals surface area contributed by atoms with E-state index in [1.807, 2.05) is 79.7 Å². The highest BCUT2D eigenvalue weighted by molar-refractivity contribution is 5.93. The fraction of sp³-hybridized carbons (Fsp3) is 0.320. The Hall–Kier alpha value is -3.61. The number of benzene rings is 2. The molecule has 1 aliphatic heterocycles. The summed E-state index contributed by atoms with van der Waals surface area (Å²) in [6.45, 7) is 1.51. The lowest BCUT2D eigenvalue weighted by molar-refractivity contribution is -0.120. The summed E-state index contributed by atoms with van der Waals surface area (Å²) in [6, 6.07) is 19.6. The smallest absolute Gasteiger partial charge is 0.229 e. The van der Waals surface area contributed by atoms with Crippen LogP contribution in [0.5, 0.6) is 5.75 Å². The predicted octanol–water partition coefficient (Wildman–Crippen LogP) is 4.07. The molecule has 4 rings (SSSR count). The molecule has 7 heteroatoms. The van der Waals surface area contributed by atoms with E-state index in [0.717, 1.165) is 53.6 Å². The molecule has 1 fully saturated rings. The van der Waals surface area contributed by atoms with Gasteiger partial charge in [0.15, 0.2) is 5.82 Å². The predicted molar refractivity (Wildman–Crippen MR) is 128 cm³/mol. The molecule has 1 N–H and O–H groups in total. The number of hydrogen-bond donors (Lipinski definition) is 1. The molecule has 1 amide bonds. The standard InChI is InChI=1S/C25H29N5O2/c1-29(2)21-10-8-20(9-11-21)26-25(31)19-5-4-16-30(17-19)24-15-14-23(27-28-24)18-6-12-22(32-3)13-7-18/h6-15,19H,4-5,16-17H2,1-3H3,(H,26,31). The Morgan fingerprint density at radius 1 is 1.03 bits per heavy atom. The topological polar surface area (TPSA) is 70.6 Å².